The van der Waals surface area contributed by atoms with Gasteiger partial charge < -0.3 is 16.2 Å². The van der Waals surface area contributed by atoms with Crippen molar-refractivity contribution in [2.45, 2.75) is 50.6 Å². The van der Waals surface area contributed by atoms with Crippen LogP contribution in [0.4, 0.5) is 0 Å². The zero-order valence-corrected chi connectivity index (χ0v) is 11.4. The van der Waals surface area contributed by atoms with Gasteiger partial charge in [0.2, 0.25) is 5.91 Å². The molecule has 0 radical (unpaired) electrons. The molecule has 0 unspecified atom stereocenters. The molecule has 19 heavy (non-hydrogen) atoms. The number of carbonyl (C=O) groups is 1. The van der Waals surface area contributed by atoms with Crippen LogP contribution in [0.5, 0.6) is 5.75 Å². The number of nitrogens with two attached hydrogens (primary N) is 1. The number of amides is 1. The van der Waals surface area contributed by atoms with Gasteiger partial charge in [0.1, 0.15) is 5.75 Å². The average molecular weight is 262 g/mol. The third-order valence-electron chi connectivity index (χ3n) is 4.10. The monoisotopic (exact) mass is 262 g/mol. The van der Waals surface area contributed by atoms with Gasteiger partial charge in [-0.1, -0.05) is 19.1 Å². The summed E-state index contributed by atoms with van der Waals surface area (Å²) >= 11 is 0. The van der Waals surface area contributed by atoms with E-state index in [0.29, 0.717) is 6.42 Å². The van der Waals surface area contributed by atoms with Crippen LogP contribution in [-0.4, -0.2) is 22.6 Å². The van der Waals surface area contributed by atoms with Crippen LogP contribution in [0.3, 0.4) is 0 Å². The van der Waals surface area contributed by atoms with Crippen LogP contribution in [0.1, 0.15) is 38.2 Å². The maximum atomic E-state index is 12.1. The van der Waals surface area contributed by atoms with E-state index in [1.165, 1.54) is 6.42 Å². The molecule has 2 rings (SSSR count). The predicted molar refractivity (Wildman–Crippen MR) is 74.8 cm³/mol. The minimum Gasteiger partial charge on any atom is -0.508 e. The highest BCUT2D eigenvalue weighted by atomic mass is 16.3. The summed E-state index contributed by atoms with van der Waals surface area (Å²) in [6.45, 7) is 2.10. The smallest absolute Gasteiger partial charge is 0.237 e. The lowest BCUT2D eigenvalue weighted by molar-refractivity contribution is -0.125. The molecule has 4 N–H and O–H groups in total. The molecule has 0 heterocycles. The Balaban J connectivity index is 1.90. The van der Waals surface area contributed by atoms with Crippen LogP contribution in [0.2, 0.25) is 0 Å². The van der Waals surface area contributed by atoms with Crippen molar-refractivity contribution >= 4 is 5.91 Å². The molecule has 0 aromatic heterocycles. The number of hydrogen-bond donors (Lipinski definition) is 3. The lowest BCUT2D eigenvalue weighted by Crippen LogP contribution is -2.57. The summed E-state index contributed by atoms with van der Waals surface area (Å²) in [6, 6.07) is 6.27. The van der Waals surface area contributed by atoms with Crippen LogP contribution in [-0.2, 0) is 11.2 Å². The fourth-order valence-electron chi connectivity index (χ4n) is 2.50. The third-order valence-corrected chi connectivity index (χ3v) is 4.10. The maximum absolute atomic E-state index is 12.1. The van der Waals surface area contributed by atoms with Crippen molar-refractivity contribution in [3.63, 3.8) is 0 Å². The number of carbonyl (C=O) groups excluding carboxylic acids is 1. The van der Waals surface area contributed by atoms with Gasteiger partial charge in [-0.3, -0.25) is 4.79 Å². The van der Waals surface area contributed by atoms with Crippen molar-refractivity contribution in [3.8, 4) is 5.75 Å². The third kappa shape index (κ3) is 3.26. The molecule has 1 saturated carbocycles. The minimum atomic E-state index is -0.534. The normalized spacial score (nSPS) is 18.4. The molecule has 1 aliphatic rings. The number of phenolic OH excluding ortho intramolecular Hbond substituents is 1. The molecule has 1 aromatic carbocycles. The fourth-order valence-corrected chi connectivity index (χ4v) is 2.50. The molecule has 1 aliphatic carbocycles. The lowest BCUT2D eigenvalue weighted by Gasteiger charge is -2.42. The Bertz CT molecular complexity index is 432. The fraction of sp³-hybridized carbons (Fsp3) is 0.533. The molecule has 0 saturated heterocycles. The van der Waals surface area contributed by atoms with Gasteiger partial charge in [0.15, 0.2) is 0 Å². The molecular formula is C15H22N2O2. The quantitative estimate of drug-likeness (QED) is 0.756. The van der Waals surface area contributed by atoms with E-state index >= 15 is 0 Å². The molecule has 1 atom stereocenters. The summed E-state index contributed by atoms with van der Waals surface area (Å²) in [5, 5.41) is 12.3. The summed E-state index contributed by atoms with van der Waals surface area (Å²) < 4.78 is 0. The first-order valence-electron chi connectivity index (χ1n) is 6.90. The second kappa shape index (κ2) is 5.61. The Morgan fingerprint density at radius 1 is 1.42 bits per heavy atom. The van der Waals surface area contributed by atoms with Crippen molar-refractivity contribution in [2.75, 3.05) is 0 Å². The Morgan fingerprint density at radius 2 is 2.05 bits per heavy atom. The number of aromatic hydroxyl groups is 1. The molecule has 4 heteroatoms. The van der Waals surface area contributed by atoms with Gasteiger partial charge in [0.25, 0.3) is 0 Å². The SMILES string of the molecule is CCC1(NC(=O)[C@H](N)Cc2ccc(O)cc2)CCC1. The zero-order valence-electron chi connectivity index (χ0n) is 11.4. The Morgan fingerprint density at radius 3 is 2.53 bits per heavy atom. The molecule has 0 bridgehead atoms. The molecule has 104 valence electrons. The van der Waals surface area contributed by atoms with E-state index in [1.54, 1.807) is 24.3 Å². The number of benzene rings is 1. The van der Waals surface area contributed by atoms with Crippen molar-refractivity contribution in [1.82, 2.24) is 5.32 Å². The molecular weight excluding hydrogens is 240 g/mol. The highest BCUT2D eigenvalue weighted by Gasteiger charge is 2.37. The lowest BCUT2D eigenvalue weighted by atomic mass is 9.74. The van der Waals surface area contributed by atoms with Crippen LogP contribution < -0.4 is 11.1 Å². The molecule has 1 aromatic rings. The molecule has 4 nitrogen and oxygen atoms in total. The van der Waals surface area contributed by atoms with Crippen LogP contribution >= 0.6 is 0 Å². The Hall–Kier alpha value is -1.55. The zero-order chi connectivity index (χ0) is 13.9. The highest BCUT2D eigenvalue weighted by molar-refractivity contribution is 5.82. The van der Waals surface area contributed by atoms with Gasteiger partial charge in [0.05, 0.1) is 6.04 Å². The van der Waals surface area contributed by atoms with E-state index < -0.39 is 6.04 Å². The Labute approximate surface area is 114 Å². The summed E-state index contributed by atoms with van der Waals surface area (Å²) in [4.78, 5) is 12.1. The van der Waals surface area contributed by atoms with E-state index in [0.717, 1.165) is 24.8 Å². The summed E-state index contributed by atoms with van der Waals surface area (Å²) in [6.07, 6.45) is 4.75. The van der Waals surface area contributed by atoms with Crippen LogP contribution in [0.25, 0.3) is 0 Å². The van der Waals surface area contributed by atoms with Crippen molar-refractivity contribution < 1.29 is 9.90 Å². The standard InChI is InChI=1S/C15H22N2O2/c1-2-15(8-3-9-15)17-14(19)13(16)10-11-4-6-12(18)7-5-11/h4-7,13,18H,2-3,8-10,16H2,1H3,(H,17,19)/t13-/m1/s1. The molecule has 0 aliphatic heterocycles. The van der Waals surface area contributed by atoms with Crippen LogP contribution in [0, 0.1) is 0 Å². The molecule has 0 spiro atoms. The van der Waals surface area contributed by atoms with Crippen molar-refractivity contribution in [3.05, 3.63) is 29.8 Å². The average Bonchev–Trinajstić information content (AvgIpc) is 2.36. The Kier molecular flexibility index (Phi) is 4.10. The number of hydrogen-bond acceptors (Lipinski definition) is 3. The van der Waals surface area contributed by atoms with Crippen molar-refractivity contribution in [2.24, 2.45) is 5.73 Å². The first kappa shape index (κ1) is 13.9. The van der Waals surface area contributed by atoms with E-state index in [1.807, 2.05) is 0 Å². The first-order valence-corrected chi connectivity index (χ1v) is 6.90. The summed E-state index contributed by atoms with van der Waals surface area (Å²) in [5.74, 6) is 0.149. The second-order valence-electron chi connectivity index (χ2n) is 5.45. The van der Waals surface area contributed by atoms with Gasteiger partial charge in [-0.15, -0.1) is 0 Å². The van der Waals surface area contributed by atoms with Crippen molar-refractivity contribution in [1.29, 1.82) is 0 Å². The number of phenols is 1. The molecule has 1 amide bonds. The van der Waals surface area contributed by atoms with E-state index in [9.17, 15) is 9.90 Å². The van der Waals surface area contributed by atoms with E-state index in [-0.39, 0.29) is 17.2 Å². The highest BCUT2D eigenvalue weighted by Crippen LogP contribution is 2.34. The van der Waals surface area contributed by atoms with E-state index in [4.69, 9.17) is 5.73 Å². The predicted octanol–water partition coefficient (Wildman–Crippen LogP) is 1.71. The topological polar surface area (TPSA) is 75.4 Å². The van der Waals surface area contributed by atoms with Gasteiger partial charge >= 0.3 is 0 Å². The number of nitrogens with one attached hydrogen (secondary N) is 1. The summed E-state index contributed by atoms with van der Waals surface area (Å²) in [7, 11) is 0. The van der Waals surface area contributed by atoms with E-state index in [2.05, 4.69) is 12.2 Å². The van der Waals surface area contributed by atoms with Gasteiger partial charge in [0, 0.05) is 5.54 Å². The second-order valence-corrected chi connectivity index (χ2v) is 5.45. The van der Waals surface area contributed by atoms with Gasteiger partial charge in [-0.25, -0.2) is 0 Å². The minimum absolute atomic E-state index is 0.0103. The van der Waals surface area contributed by atoms with Gasteiger partial charge in [-0.05, 0) is 49.8 Å². The van der Waals surface area contributed by atoms with Crippen LogP contribution in [0.15, 0.2) is 24.3 Å². The van der Waals surface area contributed by atoms with Gasteiger partial charge in [-0.2, -0.15) is 0 Å². The number of rotatable bonds is 5. The molecule has 1 fully saturated rings. The summed E-state index contributed by atoms with van der Waals surface area (Å²) in [5.41, 5.74) is 6.90. The maximum Gasteiger partial charge on any atom is 0.237 e. The largest absolute Gasteiger partial charge is 0.508 e. The first-order chi connectivity index (χ1) is 9.04.